The summed E-state index contributed by atoms with van der Waals surface area (Å²) in [6.07, 6.45) is 0. The fourth-order valence-corrected chi connectivity index (χ4v) is 2.01. The van der Waals surface area contributed by atoms with Crippen molar-refractivity contribution >= 4 is 32.9 Å². The number of carboxylic acid groups (broad SMARTS) is 2. The fourth-order valence-electron chi connectivity index (χ4n) is 1.79. The molecule has 13 heteroatoms. The molecule has 0 aliphatic heterocycles. The minimum atomic E-state index is -4.27. The van der Waals surface area contributed by atoms with Crippen molar-refractivity contribution in [3.63, 3.8) is 0 Å². The van der Waals surface area contributed by atoms with Gasteiger partial charge in [-0.2, -0.15) is 0 Å². The maximum absolute atomic E-state index is 11.1. The quantitative estimate of drug-likeness (QED) is 0.472. The first-order valence-corrected chi connectivity index (χ1v) is 7.49. The molecular formula is C12H8N6O6S. The van der Waals surface area contributed by atoms with Crippen LogP contribution in [0, 0.1) is 0 Å². The van der Waals surface area contributed by atoms with E-state index in [1.165, 1.54) is 6.07 Å². The molecule has 2 aromatic carbocycles. The number of carbonyl (C=O) groups is 2. The standard InChI is InChI=1S/C12H8O4.N6O2S/c13-11(14)9-6-5-7-3-1-2-4-8(7)10(9)12(15)16;1-3-5-9(7,8)6-4-2/h1-6H,(H,13,14)(H,15,16);. The van der Waals surface area contributed by atoms with Crippen LogP contribution in [0.1, 0.15) is 20.7 Å². The van der Waals surface area contributed by atoms with E-state index in [0.29, 0.717) is 10.8 Å². The molecule has 2 rings (SSSR count). The minimum Gasteiger partial charge on any atom is -0.478 e. The zero-order valence-corrected chi connectivity index (χ0v) is 12.9. The number of carboxylic acids is 2. The number of azide groups is 1. The highest BCUT2D eigenvalue weighted by molar-refractivity contribution is 7.88. The van der Waals surface area contributed by atoms with Crippen molar-refractivity contribution in [2.45, 2.75) is 0 Å². The highest BCUT2D eigenvalue weighted by atomic mass is 32.2. The van der Waals surface area contributed by atoms with Gasteiger partial charge in [0.05, 0.1) is 11.1 Å². The number of hydrogen-bond donors (Lipinski definition) is 2. The van der Waals surface area contributed by atoms with E-state index in [1.54, 1.807) is 30.3 Å². The molecule has 2 N–H and O–H groups in total. The van der Waals surface area contributed by atoms with Crippen molar-refractivity contribution in [2.24, 2.45) is 9.04 Å². The van der Waals surface area contributed by atoms with Crippen molar-refractivity contribution in [1.82, 2.24) is 0 Å². The summed E-state index contributed by atoms with van der Waals surface area (Å²) >= 11 is 0. The molecule has 0 aliphatic carbocycles. The molecule has 0 spiro atoms. The topological polar surface area (TPSA) is 206 Å². The smallest absolute Gasteiger partial charge is 0.337 e. The van der Waals surface area contributed by atoms with Crippen molar-refractivity contribution in [1.29, 1.82) is 0 Å². The largest absolute Gasteiger partial charge is 0.478 e. The van der Waals surface area contributed by atoms with Gasteiger partial charge in [-0.25, -0.2) is 18.0 Å². The molecule has 0 bridgehead atoms. The van der Waals surface area contributed by atoms with Crippen molar-refractivity contribution < 1.29 is 28.2 Å². The Hall–Kier alpha value is -3.79. The molecule has 0 saturated carbocycles. The van der Waals surface area contributed by atoms with Gasteiger partial charge in [-0.3, -0.25) is 0 Å². The summed E-state index contributed by atoms with van der Waals surface area (Å²) in [5.41, 5.74) is 14.7. The highest BCUT2D eigenvalue weighted by Crippen LogP contribution is 2.22. The van der Waals surface area contributed by atoms with Crippen LogP contribution in [-0.4, -0.2) is 30.6 Å². The van der Waals surface area contributed by atoms with Gasteiger partial charge in [-0.15, -0.1) is 0 Å². The van der Waals surface area contributed by atoms with Crippen LogP contribution in [0.2, 0.25) is 0 Å². The minimum absolute atomic E-state index is 0.161. The second-order valence-corrected chi connectivity index (χ2v) is 5.33. The van der Waals surface area contributed by atoms with Gasteiger partial charge in [-0.1, -0.05) is 30.3 Å². The molecular weight excluding hydrogens is 356 g/mol. The second kappa shape index (κ2) is 8.17. The van der Waals surface area contributed by atoms with Crippen LogP contribution >= 0.6 is 0 Å². The molecule has 0 heterocycles. The summed E-state index contributed by atoms with van der Waals surface area (Å²) in [7, 11) is -4.27. The first kappa shape index (κ1) is 19.3. The Morgan fingerprint density at radius 2 is 1.48 bits per heavy atom. The Bertz CT molecular complexity index is 1010. The first-order valence-electron chi connectivity index (χ1n) is 6.09. The van der Waals surface area contributed by atoms with Gasteiger partial charge in [-0.05, 0) is 27.9 Å². The van der Waals surface area contributed by atoms with E-state index in [-0.39, 0.29) is 11.1 Å². The van der Waals surface area contributed by atoms with Crippen LogP contribution in [0.15, 0.2) is 45.4 Å². The first-order chi connectivity index (χ1) is 11.7. The van der Waals surface area contributed by atoms with E-state index in [2.05, 4.69) is 9.04 Å². The van der Waals surface area contributed by atoms with Gasteiger partial charge in [0.15, 0.2) is 0 Å². The summed E-state index contributed by atoms with van der Waals surface area (Å²) in [6, 6.07) is 9.72. The van der Waals surface area contributed by atoms with Crippen LogP contribution < -0.4 is 0 Å². The van der Waals surface area contributed by atoms with Gasteiger partial charge in [0.2, 0.25) is 0 Å². The lowest BCUT2D eigenvalue weighted by Gasteiger charge is -2.05. The Balaban J connectivity index is 0.000000299. The van der Waals surface area contributed by atoms with Crippen molar-refractivity contribution in [2.75, 3.05) is 0 Å². The number of hydrogen-bond acceptors (Lipinski definition) is 4. The summed E-state index contributed by atoms with van der Waals surface area (Å²) in [5, 5.41) is 19.1. The van der Waals surface area contributed by atoms with Crippen LogP contribution in [0.25, 0.3) is 31.7 Å². The van der Waals surface area contributed by atoms with Crippen LogP contribution in [-0.2, 0) is 10.2 Å². The lowest BCUT2D eigenvalue weighted by atomic mass is 9.99. The Kier molecular flexibility index (Phi) is 6.29. The van der Waals surface area contributed by atoms with E-state index < -0.39 is 22.1 Å². The van der Waals surface area contributed by atoms with E-state index >= 15 is 0 Å². The van der Waals surface area contributed by atoms with E-state index in [9.17, 15) is 18.0 Å². The SMILES string of the molecule is O=C(O)c1ccc2ccccc2c1C(=O)O.[N-]=[N+]=NS(=O)(=O)N=[N+]=[N-]. The average molecular weight is 364 g/mol. The maximum Gasteiger partial charge on any atom is 0.337 e. The summed E-state index contributed by atoms with van der Waals surface area (Å²) in [6.45, 7) is 0. The summed E-state index contributed by atoms with van der Waals surface area (Å²) < 4.78 is 24.3. The summed E-state index contributed by atoms with van der Waals surface area (Å²) in [5.74, 6) is -2.46. The monoisotopic (exact) mass is 364 g/mol. The number of fused-ring (bicyclic) bond motifs is 1. The number of aromatic carboxylic acids is 2. The molecule has 0 fully saturated rings. The Labute approximate surface area is 139 Å². The predicted molar refractivity (Wildman–Crippen MR) is 85.1 cm³/mol. The van der Waals surface area contributed by atoms with Gasteiger partial charge in [0.1, 0.15) is 0 Å². The third-order valence-electron chi connectivity index (χ3n) is 2.65. The predicted octanol–water partition coefficient (Wildman–Crippen LogP) is 3.09. The molecule has 128 valence electrons. The van der Waals surface area contributed by atoms with Gasteiger partial charge < -0.3 is 10.2 Å². The molecule has 0 atom stereocenters. The van der Waals surface area contributed by atoms with Crippen LogP contribution in [0.3, 0.4) is 0 Å². The molecule has 0 radical (unpaired) electrons. The van der Waals surface area contributed by atoms with Crippen LogP contribution in [0.4, 0.5) is 0 Å². The lowest BCUT2D eigenvalue weighted by Crippen LogP contribution is -2.08. The van der Waals surface area contributed by atoms with Gasteiger partial charge in [0.25, 0.3) is 0 Å². The molecule has 0 aromatic heterocycles. The van der Waals surface area contributed by atoms with Crippen molar-refractivity contribution in [3.8, 4) is 0 Å². The highest BCUT2D eigenvalue weighted by Gasteiger charge is 2.18. The Morgan fingerprint density at radius 1 is 0.920 bits per heavy atom. The van der Waals surface area contributed by atoms with Gasteiger partial charge in [0, 0.05) is 18.9 Å². The molecule has 0 aliphatic rings. The molecule has 0 saturated heterocycles. The second-order valence-electron chi connectivity index (χ2n) is 4.11. The zero-order valence-electron chi connectivity index (χ0n) is 12.1. The average Bonchev–Trinajstić information content (AvgIpc) is 2.53. The molecule has 25 heavy (non-hydrogen) atoms. The normalized spacial score (nSPS) is 9.76. The number of benzene rings is 2. The maximum atomic E-state index is 11.1. The number of rotatable bonds is 4. The summed E-state index contributed by atoms with van der Waals surface area (Å²) in [4.78, 5) is 25.8. The molecule has 12 nitrogen and oxygen atoms in total. The van der Waals surface area contributed by atoms with Crippen molar-refractivity contribution in [3.05, 3.63) is 68.4 Å². The molecule has 0 amide bonds. The van der Waals surface area contributed by atoms with E-state index in [4.69, 9.17) is 21.3 Å². The van der Waals surface area contributed by atoms with E-state index in [1.807, 2.05) is 9.82 Å². The Morgan fingerprint density at radius 3 is 1.96 bits per heavy atom. The lowest BCUT2D eigenvalue weighted by molar-refractivity contribution is 0.0653. The third-order valence-corrected chi connectivity index (χ3v) is 3.21. The van der Waals surface area contributed by atoms with Crippen LogP contribution in [0.5, 0.6) is 0 Å². The zero-order chi connectivity index (χ0) is 19.0. The van der Waals surface area contributed by atoms with E-state index in [0.717, 1.165) is 0 Å². The molecule has 2 aromatic rings. The molecule has 0 unspecified atom stereocenters. The number of nitrogens with zero attached hydrogens (tertiary/aromatic N) is 6. The fraction of sp³-hybridized carbons (Fsp3) is 0. The third kappa shape index (κ3) is 5.11. The van der Waals surface area contributed by atoms with Gasteiger partial charge >= 0.3 is 22.1 Å².